The van der Waals surface area contributed by atoms with E-state index in [1.165, 1.54) is 58.3 Å². The van der Waals surface area contributed by atoms with E-state index in [0.717, 1.165) is 12.0 Å². The first kappa shape index (κ1) is 10.4. The van der Waals surface area contributed by atoms with E-state index in [4.69, 9.17) is 0 Å². The van der Waals surface area contributed by atoms with E-state index in [1.807, 2.05) is 0 Å². The highest BCUT2D eigenvalue weighted by atomic mass is 15.2. The molecule has 2 heterocycles. The van der Waals surface area contributed by atoms with Crippen molar-refractivity contribution in [2.75, 3.05) is 26.2 Å². The summed E-state index contributed by atoms with van der Waals surface area (Å²) in [5.74, 6) is 1.03. The van der Waals surface area contributed by atoms with Gasteiger partial charge in [-0.1, -0.05) is 19.8 Å². The highest BCUT2D eigenvalue weighted by molar-refractivity contribution is 4.86. The molecule has 1 N–H and O–H groups in total. The molecule has 2 nitrogen and oxygen atoms in total. The van der Waals surface area contributed by atoms with Crippen LogP contribution in [-0.4, -0.2) is 37.1 Å². The standard InChI is InChI=1S/C12H24N2/c1-2-4-11-5-3-7-14(8-6-11)12-9-13-10-12/h11-13H,2-10H2,1H3. The van der Waals surface area contributed by atoms with Gasteiger partial charge in [0.25, 0.3) is 0 Å². The normalized spacial score (nSPS) is 31.1. The molecular weight excluding hydrogens is 172 g/mol. The minimum Gasteiger partial charge on any atom is -0.314 e. The number of hydrogen-bond donors (Lipinski definition) is 1. The van der Waals surface area contributed by atoms with Crippen LogP contribution in [0.15, 0.2) is 0 Å². The van der Waals surface area contributed by atoms with E-state index in [9.17, 15) is 0 Å². The summed E-state index contributed by atoms with van der Waals surface area (Å²) in [6, 6.07) is 0.871. The molecule has 1 unspecified atom stereocenters. The Balaban J connectivity index is 1.75. The van der Waals surface area contributed by atoms with Crippen LogP contribution in [0.4, 0.5) is 0 Å². The predicted octanol–water partition coefficient (Wildman–Crippen LogP) is 1.86. The second-order valence-electron chi connectivity index (χ2n) is 4.93. The fourth-order valence-electron chi connectivity index (χ4n) is 2.78. The lowest BCUT2D eigenvalue weighted by Gasteiger charge is -2.37. The maximum Gasteiger partial charge on any atom is 0.0345 e. The zero-order valence-electron chi connectivity index (χ0n) is 9.47. The Bertz CT molecular complexity index is 166. The van der Waals surface area contributed by atoms with Crippen LogP contribution in [0.25, 0.3) is 0 Å². The van der Waals surface area contributed by atoms with Gasteiger partial charge in [0.2, 0.25) is 0 Å². The van der Waals surface area contributed by atoms with Gasteiger partial charge >= 0.3 is 0 Å². The molecule has 1 atom stereocenters. The molecule has 0 aromatic heterocycles. The van der Waals surface area contributed by atoms with Gasteiger partial charge in [-0.3, -0.25) is 4.90 Å². The molecule has 0 aliphatic carbocycles. The Morgan fingerprint density at radius 2 is 2.07 bits per heavy atom. The largest absolute Gasteiger partial charge is 0.314 e. The third kappa shape index (κ3) is 2.48. The van der Waals surface area contributed by atoms with Crippen molar-refractivity contribution >= 4 is 0 Å². The van der Waals surface area contributed by atoms with Crippen LogP contribution >= 0.6 is 0 Å². The molecule has 0 aromatic carbocycles. The van der Waals surface area contributed by atoms with E-state index >= 15 is 0 Å². The molecule has 2 aliphatic heterocycles. The monoisotopic (exact) mass is 196 g/mol. The zero-order valence-corrected chi connectivity index (χ0v) is 9.47. The SMILES string of the molecule is CCCC1CCCN(C2CNC2)CC1. The Labute approximate surface area is 88.1 Å². The minimum atomic E-state index is 0.871. The summed E-state index contributed by atoms with van der Waals surface area (Å²) in [4.78, 5) is 2.71. The zero-order chi connectivity index (χ0) is 9.80. The van der Waals surface area contributed by atoms with Gasteiger partial charge < -0.3 is 5.32 Å². The molecule has 2 aliphatic rings. The molecular formula is C12H24N2. The van der Waals surface area contributed by atoms with Crippen LogP contribution in [0.1, 0.15) is 39.0 Å². The molecule has 0 saturated carbocycles. The number of nitrogens with zero attached hydrogens (tertiary/aromatic N) is 1. The van der Waals surface area contributed by atoms with Crippen molar-refractivity contribution in [3.8, 4) is 0 Å². The predicted molar refractivity (Wildman–Crippen MR) is 60.5 cm³/mol. The maximum atomic E-state index is 3.37. The van der Waals surface area contributed by atoms with Crippen LogP contribution in [0.3, 0.4) is 0 Å². The molecule has 82 valence electrons. The van der Waals surface area contributed by atoms with Gasteiger partial charge in [0.05, 0.1) is 0 Å². The number of rotatable bonds is 3. The molecule has 0 aromatic rings. The molecule has 0 spiro atoms. The number of likely N-dealkylation sites (tertiary alicyclic amines) is 1. The van der Waals surface area contributed by atoms with Gasteiger partial charge in [0.1, 0.15) is 0 Å². The van der Waals surface area contributed by atoms with E-state index in [1.54, 1.807) is 0 Å². The minimum absolute atomic E-state index is 0.871. The average Bonchev–Trinajstić information content (AvgIpc) is 2.29. The second kappa shape index (κ2) is 5.13. The molecule has 14 heavy (non-hydrogen) atoms. The third-order valence-electron chi connectivity index (χ3n) is 3.86. The first-order chi connectivity index (χ1) is 6.90. The first-order valence-electron chi connectivity index (χ1n) is 6.35. The summed E-state index contributed by atoms with van der Waals surface area (Å²) >= 11 is 0. The smallest absolute Gasteiger partial charge is 0.0345 e. The van der Waals surface area contributed by atoms with E-state index in [0.29, 0.717) is 0 Å². The Morgan fingerprint density at radius 3 is 2.71 bits per heavy atom. The lowest BCUT2D eigenvalue weighted by atomic mass is 9.96. The molecule has 0 radical (unpaired) electrons. The maximum absolute atomic E-state index is 3.37. The summed E-state index contributed by atoms with van der Waals surface area (Å²) in [5.41, 5.74) is 0. The second-order valence-corrected chi connectivity index (χ2v) is 4.93. The highest BCUT2D eigenvalue weighted by Crippen LogP contribution is 2.23. The van der Waals surface area contributed by atoms with Crippen molar-refractivity contribution in [2.24, 2.45) is 5.92 Å². The fraction of sp³-hybridized carbons (Fsp3) is 1.00. The van der Waals surface area contributed by atoms with Crippen molar-refractivity contribution in [1.29, 1.82) is 0 Å². The summed E-state index contributed by atoms with van der Waals surface area (Å²) in [6.45, 7) is 7.50. The lowest BCUT2D eigenvalue weighted by Crippen LogP contribution is -2.57. The summed E-state index contributed by atoms with van der Waals surface area (Å²) in [6.07, 6.45) is 7.18. The lowest BCUT2D eigenvalue weighted by molar-refractivity contribution is 0.149. The molecule has 2 saturated heterocycles. The van der Waals surface area contributed by atoms with Crippen LogP contribution in [0.2, 0.25) is 0 Å². The van der Waals surface area contributed by atoms with Gasteiger partial charge in [0.15, 0.2) is 0 Å². The van der Waals surface area contributed by atoms with Crippen LogP contribution in [0, 0.1) is 5.92 Å². The third-order valence-corrected chi connectivity index (χ3v) is 3.86. The Kier molecular flexibility index (Phi) is 3.82. The van der Waals surface area contributed by atoms with Gasteiger partial charge in [0, 0.05) is 19.1 Å². The van der Waals surface area contributed by atoms with Crippen molar-refractivity contribution in [2.45, 2.75) is 45.1 Å². The fourth-order valence-corrected chi connectivity index (χ4v) is 2.78. The summed E-state index contributed by atoms with van der Waals surface area (Å²) in [7, 11) is 0. The molecule has 2 fully saturated rings. The molecule has 0 amide bonds. The topological polar surface area (TPSA) is 15.3 Å². The summed E-state index contributed by atoms with van der Waals surface area (Å²) < 4.78 is 0. The molecule has 0 bridgehead atoms. The van der Waals surface area contributed by atoms with E-state index < -0.39 is 0 Å². The van der Waals surface area contributed by atoms with Crippen molar-refractivity contribution in [3.63, 3.8) is 0 Å². The van der Waals surface area contributed by atoms with Gasteiger partial charge in [-0.05, 0) is 38.3 Å². The van der Waals surface area contributed by atoms with Gasteiger partial charge in [-0.2, -0.15) is 0 Å². The molecule has 2 heteroatoms. The van der Waals surface area contributed by atoms with E-state index in [2.05, 4.69) is 17.1 Å². The van der Waals surface area contributed by atoms with Crippen LogP contribution < -0.4 is 5.32 Å². The van der Waals surface area contributed by atoms with Gasteiger partial charge in [-0.25, -0.2) is 0 Å². The van der Waals surface area contributed by atoms with Crippen LogP contribution in [0.5, 0.6) is 0 Å². The number of nitrogens with one attached hydrogen (secondary N) is 1. The van der Waals surface area contributed by atoms with Crippen LogP contribution in [-0.2, 0) is 0 Å². The Hall–Kier alpha value is -0.0800. The highest BCUT2D eigenvalue weighted by Gasteiger charge is 2.26. The Morgan fingerprint density at radius 1 is 1.21 bits per heavy atom. The number of hydrogen-bond acceptors (Lipinski definition) is 2. The quantitative estimate of drug-likeness (QED) is 0.741. The van der Waals surface area contributed by atoms with Crippen molar-refractivity contribution in [3.05, 3.63) is 0 Å². The first-order valence-corrected chi connectivity index (χ1v) is 6.35. The van der Waals surface area contributed by atoms with E-state index in [-0.39, 0.29) is 0 Å². The average molecular weight is 196 g/mol. The molecule has 2 rings (SSSR count). The van der Waals surface area contributed by atoms with Crippen molar-refractivity contribution in [1.82, 2.24) is 10.2 Å². The summed E-state index contributed by atoms with van der Waals surface area (Å²) in [5, 5.41) is 3.37. The van der Waals surface area contributed by atoms with Crippen molar-refractivity contribution < 1.29 is 0 Å². The van der Waals surface area contributed by atoms with Gasteiger partial charge in [-0.15, -0.1) is 0 Å².